The van der Waals surface area contributed by atoms with Crippen molar-refractivity contribution in [3.8, 4) is 0 Å². The third-order valence-corrected chi connectivity index (χ3v) is 5.13. The molecule has 1 N–H and O–H groups in total. The zero-order valence-corrected chi connectivity index (χ0v) is 12.2. The summed E-state index contributed by atoms with van der Waals surface area (Å²) in [6, 6.07) is 14.0. The van der Waals surface area contributed by atoms with Gasteiger partial charge in [-0.3, -0.25) is 4.90 Å². The summed E-state index contributed by atoms with van der Waals surface area (Å²) in [5, 5.41) is 3.50. The summed E-state index contributed by atoms with van der Waals surface area (Å²) in [5.74, 6) is 0. The Bertz CT molecular complexity index is 389. The number of fused-ring (bicyclic) bond motifs is 2. The van der Waals surface area contributed by atoms with Crippen LogP contribution in [0.3, 0.4) is 0 Å². The summed E-state index contributed by atoms with van der Waals surface area (Å²) in [6.45, 7) is 2.33. The Kier molecular flexibility index (Phi) is 3.90. The van der Waals surface area contributed by atoms with Crippen LogP contribution < -0.4 is 5.32 Å². The molecule has 1 aromatic carbocycles. The van der Waals surface area contributed by atoms with Crippen molar-refractivity contribution in [2.75, 3.05) is 7.05 Å². The molecule has 1 aromatic rings. The van der Waals surface area contributed by atoms with Crippen LogP contribution >= 0.6 is 0 Å². The highest BCUT2D eigenvalue weighted by molar-refractivity contribution is 5.20. The second-order valence-electron chi connectivity index (χ2n) is 6.12. The molecule has 2 fully saturated rings. The average molecular weight is 258 g/mol. The molecule has 2 saturated heterocycles. The molecule has 3 rings (SSSR count). The Morgan fingerprint density at radius 3 is 2.32 bits per heavy atom. The zero-order valence-electron chi connectivity index (χ0n) is 12.2. The highest BCUT2D eigenvalue weighted by atomic mass is 15.3. The van der Waals surface area contributed by atoms with Gasteiger partial charge >= 0.3 is 0 Å². The summed E-state index contributed by atoms with van der Waals surface area (Å²) in [6.07, 6.45) is 6.67. The predicted molar refractivity (Wildman–Crippen MR) is 80.2 cm³/mol. The van der Waals surface area contributed by atoms with Crippen LogP contribution in [0.2, 0.25) is 0 Å². The van der Waals surface area contributed by atoms with E-state index >= 15 is 0 Å². The smallest absolute Gasteiger partial charge is 0.0351 e. The van der Waals surface area contributed by atoms with Gasteiger partial charge < -0.3 is 5.32 Å². The van der Waals surface area contributed by atoms with E-state index in [1.807, 2.05) is 0 Å². The molecule has 2 aliphatic rings. The fourth-order valence-electron chi connectivity index (χ4n) is 4.25. The SMILES string of the molecule is CCC(c1ccccc1)N1C2CCC1CC(NC)C2. The van der Waals surface area contributed by atoms with Crippen molar-refractivity contribution in [1.29, 1.82) is 0 Å². The molecule has 0 aromatic heterocycles. The van der Waals surface area contributed by atoms with Gasteiger partial charge in [-0.2, -0.15) is 0 Å². The van der Waals surface area contributed by atoms with Crippen LogP contribution in [0.5, 0.6) is 0 Å². The van der Waals surface area contributed by atoms with Crippen molar-refractivity contribution in [2.45, 2.75) is 63.2 Å². The number of piperidine rings is 1. The monoisotopic (exact) mass is 258 g/mol. The first kappa shape index (κ1) is 13.1. The number of hydrogen-bond acceptors (Lipinski definition) is 2. The average Bonchev–Trinajstić information content (AvgIpc) is 2.72. The minimum absolute atomic E-state index is 0.622. The third kappa shape index (κ3) is 2.44. The summed E-state index contributed by atoms with van der Waals surface area (Å²) in [4.78, 5) is 2.84. The Morgan fingerprint density at radius 1 is 1.16 bits per heavy atom. The van der Waals surface area contributed by atoms with Crippen LogP contribution in [0.1, 0.15) is 50.6 Å². The molecular formula is C17H26N2. The predicted octanol–water partition coefficient (Wildman–Crippen LogP) is 3.35. The second kappa shape index (κ2) is 5.64. The van der Waals surface area contributed by atoms with E-state index in [9.17, 15) is 0 Å². The molecule has 0 aliphatic carbocycles. The number of nitrogens with zero attached hydrogens (tertiary/aromatic N) is 1. The van der Waals surface area contributed by atoms with E-state index in [4.69, 9.17) is 0 Å². The molecule has 0 spiro atoms. The molecule has 2 heterocycles. The summed E-state index contributed by atoms with van der Waals surface area (Å²) in [5.41, 5.74) is 1.50. The van der Waals surface area contributed by atoms with E-state index in [0.29, 0.717) is 6.04 Å². The second-order valence-corrected chi connectivity index (χ2v) is 6.12. The van der Waals surface area contributed by atoms with Gasteiger partial charge in [-0.05, 0) is 44.7 Å². The summed E-state index contributed by atoms with van der Waals surface area (Å²) >= 11 is 0. The number of nitrogens with one attached hydrogen (secondary N) is 1. The van der Waals surface area contributed by atoms with Crippen LogP contribution in [0.25, 0.3) is 0 Å². The highest BCUT2D eigenvalue weighted by Gasteiger charge is 2.43. The van der Waals surface area contributed by atoms with Gasteiger partial charge in [0, 0.05) is 24.2 Å². The molecule has 104 valence electrons. The first-order valence-corrected chi connectivity index (χ1v) is 7.83. The number of hydrogen-bond donors (Lipinski definition) is 1. The highest BCUT2D eigenvalue weighted by Crippen LogP contribution is 2.42. The lowest BCUT2D eigenvalue weighted by Gasteiger charge is -2.43. The Labute approximate surface area is 117 Å². The Hall–Kier alpha value is -0.860. The molecule has 3 unspecified atom stereocenters. The molecule has 0 saturated carbocycles. The maximum Gasteiger partial charge on any atom is 0.0351 e. The molecule has 2 aliphatic heterocycles. The van der Waals surface area contributed by atoms with E-state index in [1.54, 1.807) is 0 Å². The van der Waals surface area contributed by atoms with Crippen molar-refractivity contribution >= 4 is 0 Å². The minimum atomic E-state index is 0.622. The van der Waals surface area contributed by atoms with E-state index in [2.05, 4.69) is 54.5 Å². The molecule has 0 amide bonds. The Morgan fingerprint density at radius 2 is 1.79 bits per heavy atom. The van der Waals surface area contributed by atoms with Gasteiger partial charge in [-0.15, -0.1) is 0 Å². The van der Waals surface area contributed by atoms with E-state index in [0.717, 1.165) is 18.1 Å². The molecule has 2 nitrogen and oxygen atoms in total. The Balaban J connectivity index is 1.82. The van der Waals surface area contributed by atoms with Gasteiger partial charge in [-0.1, -0.05) is 37.3 Å². The number of benzene rings is 1. The molecule has 19 heavy (non-hydrogen) atoms. The maximum absolute atomic E-state index is 3.50. The molecular weight excluding hydrogens is 232 g/mol. The quantitative estimate of drug-likeness (QED) is 0.891. The normalized spacial score (nSPS) is 32.4. The van der Waals surface area contributed by atoms with Crippen LogP contribution in [-0.4, -0.2) is 30.1 Å². The lowest BCUT2D eigenvalue weighted by atomic mass is 9.92. The fourth-order valence-corrected chi connectivity index (χ4v) is 4.25. The van der Waals surface area contributed by atoms with Crippen LogP contribution in [0.15, 0.2) is 30.3 Å². The van der Waals surface area contributed by atoms with Gasteiger partial charge in [0.1, 0.15) is 0 Å². The van der Waals surface area contributed by atoms with Crippen molar-refractivity contribution in [2.24, 2.45) is 0 Å². The molecule has 0 radical (unpaired) electrons. The molecule has 2 heteroatoms. The zero-order chi connectivity index (χ0) is 13.2. The standard InChI is InChI=1S/C17H26N2/c1-3-17(13-7-5-4-6-8-13)19-15-9-10-16(19)12-14(11-15)18-2/h4-8,14-18H,3,9-12H2,1-2H3. The molecule has 2 bridgehead atoms. The topological polar surface area (TPSA) is 15.3 Å². The van der Waals surface area contributed by atoms with Gasteiger partial charge in [0.05, 0.1) is 0 Å². The van der Waals surface area contributed by atoms with Crippen molar-refractivity contribution in [3.63, 3.8) is 0 Å². The van der Waals surface area contributed by atoms with E-state index in [-0.39, 0.29) is 0 Å². The van der Waals surface area contributed by atoms with Crippen molar-refractivity contribution in [3.05, 3.63) is 35.9 Å². The lowest BCUT2D eigenvalue weighted by Crippen LogP contribution is -2.49. The van der Waals surface area contributed by atoms with Crippen LogP contribution in [0, 0.1) is 0 Å². The van der Waals surface area contributed by atoms with Gasteiger partial charge in [0.2, 0.25) is 0 Å². The maximum atomic E-state index is 3.50. The molecule has 3 atom stereocenters. The first-order valence-electron chi connectivity index (χ1n) is 7.83. The third-order valence-electron chi connectivity index (χ3n) is 5.13. The number of rotatable bonds is 4. The van der Waals surface area contributed by atoms with Gasteiger partial charge in [-0.25, -0.2) is 0 Å². The van der Waals surface area contributed by atoms with E-state index < -0.39 is 0 Å². The largest absolute Gasteiger partial charge is 0.317 e. The fraction of sp³-hybridized carbons (Fsp3) is 0.647. The van der Waals surface area contributed by atoms with Crippen LogP contribution in [0.4, 0.5) is 0 Å². The van der Waals surface area contributed by atoms with Crippen molar-refractivity contribution in [1.82, 2.24) is 10.2 Å². The summed E-state index contributed by atoms with van der Waals surface area (Å²) in [7, 11) is 2.12. The van der Waals surface area contributed by atoms with Crippen molar-refractivity contribution < 1.29 is 0 Å². The summed E-state index contributed by atoms with van der Waals surface area (Å²) < 4.78 is 0. The minimum Gasteiger partial charge on any atom is -0.317 e. The van der Waals surface area contributed by atoms with Crippen LogP contribution in [-0.2, 0) is 0 Å². The van der Waals surface area contributed by atoms with Gasteiger partial charge in [0.25, 0.3) is 0 Å². The van der Waals surface area contributed by atoms with Gasteiger partial charge in [0.15, 0.2) is 0 Å². The van der Waals surface area contributed by atoms with E-state index in [1.165, 1.54) is 37.7 Å². The first-order chi connectivity index (χ1) is 9.33. The lowest BCUT2D eigenvalue weighted by molar-refractivity contribution is 0.0686.